The summed E-state index contributed by atoms with van der Waals surface area (Å²) in [5, 5.41) is 1.08. The first-order valence-corrected chi connectivity index (χ1v) is 23.2. The number of hydrogen-bond donors (Lipinski definition) is 0. The topological polar surface area (TPSA) is 51.6 Å². The van der Waals surface area contributed by atoms with Crippen molar-refractivity contribution in [1.29, 1.82) is 0 Å². The van der Waals surface area contributed by atoms with Crippen molar-refractivity contribution in [1.82, 2.24) is 19.9 Å². The Bertz CT molecular complexity index is 1250. The van der Waals surface area contributed by atoms with Gasteiger partial charge in [-0.2, -0.15) is 0 Å². The molecule has 4 atom stereocenters. The molecule has 0 amide bonds. The average molecular weight is 953 g/mol. The maximum absolute atomic E-state index is 4.68. The molecule has 0 aliphatic rings. The van der Waals surface area contributed by atoms with Crippen LogP contribution in [0.4, 0.5) is 0 Å². The van der Waals surface area contributed by atoms with Crippen LogP contribution in [0.2, 0.25) is 0 Å². The molecular weight excluding hydrogens is 893 g/mol. The van der Waals surface area contributed by atoms with E-state index in [1.165, 1.54) is 46.4 Å². The van der Waals surface area contributed by atoms with E-state index < -0.39 is 0 Å². The Balaban J connectivity index is 0.000000481. The molecule has 4 nitrogen and oxygen atoms in total. The summed E-state index contributed by atoms with van der Waals surface area (Å²) in [7, 11) is -1.16. The maximum Gasteiger partial charge on any atom is 1.00 e. The Labute approximate surface area is 332 Å². The van der Waals surface area contributed by atoms with Gasteiger partial charge in [0.2, 0.25) is 0 Å². The van der Waals surface area contributed by atoms with Crippen molar-refractivity contribution < 1.29 is 34.8 Å². The summed E-state index contributed by atoms with van der Waals surface area (Å²) in [6.45, 7) is 28.3. The molecule has 50 heavy (non-hydrogen) atoms. The van der Waals surface area contributed by atoms with Crippen LogP contribution in [0, 0.1) is 0 Å². The first-order chi connectivity index (χ1) is 22.4. The molecule has 0 aliphatic heterocycles. The van der Waals surface area contributed by atoms with E-state index in [-0.39, 0.29) is 87.1 Å². The summed E-state index contributed by atoms with van der Waals surface area (Å²) < 4.78 is 0. The van der Waals surface area contributed by atoms with Crippen LogP contribution in [0.5, 0.6) is 0 Å². The molecule has 4 aromatic heterocycles. The normalized spacial score (nSPS) is 14.5. The minimum absolute atomic E-state index is 0. The fraction of sp³-hybridized carbons (Fsp3) is 0.500. The summed E-state index contributed by atoms with van der Waals surface area (Å²) in [6.07, 6.45) is 12.6. The largest absolute Gasteiger partial charge is 1.00 e. The summed E-state index contributed by atoms with van der Waals surface area (Å²) in [6, 6.07) is 25.3. The third-order valence-corrected chi connectivity index (χ3v) is 21.2. The second-order valence-electron chi connectivity index (χ2n) is 16.0. The first kappa shape index (κ1) is 47.4. The molecule has 4 unspecified atom stereocenters. The zero-order valence-electron chi connectivity index (χ0n) is 32.3. The number of rotatable bonds is 10. The molecule has 0 bridgehead atoms. The molecule has 4 heterocycles. The Morgan fingerprint density at radius 3 is 0.660 bits per heavy atom. The van der Waals surface area contributed by atoms with E-state index >= 15 is 0 Å². The van der Waals surface area contributed by atoms with Crippen molar-refractivity contribution in [3.05, 3.63) is 97.6 Å². The van der Waals surface area contributed by atoms with E-state index in [1.807, 2.05) is 49.1 Å². The van der Waals surface area contributed by atoms with Gasteiger partial charge < -0.3 is 12.4 Å². The van der Waals surface area contributed by atoms with Gasteiger partial charge >= 0.3 is 22.4 Å². The molecule has 4 aromatic rings. The van der Waals surface area contributed by atoms with Gasteiger partial charge in [-0.3, -0.25) is 19.9 Å². The van der Waals surface area contributed by atoms with E-state index in [1.54, 1.807) is 0 Å². The van der Waals surface area contributed by atoms with Crippen LogP contribution in [0.1, 0.15) is 83.1 Å². The summed E-state index contributed by atoms with van der Waals surface area (Å²) in [5.41, 5.74) is 5.13. The third-order valence-electron chi connectivity index (χ3n) is 8.04. The standard InChI is InChI=1S/2C20H30N2P2.Au.ClH/c2*1-19(2,3)23(17-11-7-9-13-21-17)15-16-24(20(4,5)6)18-12-8-10-14-22-18;;/h2*7-14H,15-16H2,1-6H3;;1H/q;;+1;/p-1. The Morgan fingerprint density at radius 2 is 0.540 bits per heavy atom. The zero-order valence-corrected chi connectivity index (χ0v) is 38.8. The molecule has 10 heteroatoms. The second kappa shape index (κ2) is 21.3. The maximum atomic E-state index is 4.68. The van der Waals surface area contributed by atoms with Gasteiger partial charge in [-0.25, -0.2) is 0 Å². The van der Waals surface area contributed by atoms with Crippen LogP contribution in [0.3, 0.4) is 0 Å². The van der Waals surface area contributed by atoms with Crippen LogP contribution in [-0.2, 0) is 22.4 Å². The molecular formula is C40H60AuClN4P4. The summed E-state index contributed by atoms with van der Waals surface area (Å²) in [4.78, 5) is 18.7. The van der Waals surface area contributed by atoms with Crippen LogP contribution in [0.25, 0.3) is 0 Å². The first-order valence-electron chi connectivity index (χ1n) is 17.1. The molecule has 278 valence electrons. The zero-order chi connectivity index (χ0) is 35.6. The minimum atomic E-state index is -0.290. The van der Waals surface area contributed by atoms with Gasteiger partial charge in [0, 0.05) is 24.8 Å². The molecule has 0 saturated heterocycles. The van der Waals surface area contributed by atoms with Crippen molar-refractivity contribution in [2.45, 2.75) is 104 Å². The molecule has 4 rings (SSSR count). The van der Waals surface area contributed by atoms with Gasteiger partial charge in [0.05, 0.1) is 21.7 Å². The third kappa shape index (κ3) is 15.4. The molecule has 0 fully saturated rings. The molecule has 0 aliphatic carbocycles. The quantitative estimate of drug-likeness (QED) is 0.127. The molecule has 0 N–H and O–H groups in total. The van der Waals surface area contributed by atoms with Gasteiger partial charge in [-0.15, -0.1) is 0 Å². The van der Waals surface area contributed by atoms with Crippen molar-refractivity contribution in [3.8, 4) is 0 Å². The fourth-order valence-electron chi connectivity index (χ4n) is 5.63. The van der Waals surface area contributed by atoms with Gasteiger partial charge in [-0.05, 0) is 125 Å². The van der Waals surface area contributed by atoms with E-state index in [2.05, 4.69) is 152 Å². The minimum Gasteiger partial charge on any atom is -1.00 e. The van der Waals surface area contributed by atoms with Crippen molar-refractivity contribution in [3.63, 3.8) is 0 Å². The monoisotopic (exact) mass is 952 g/mol. The molecule has 0 spiro atoms. The van der Waals surface area contributed by atoms with Crippen LogP contribution in [-0.4, -0.2) is 65.2 Å². The molecule has 0 saturated carbocycles. The Kier molecular flexibility index (Phi) is 20.2. The summed E-state index contributed by atoms with van der Waals surface area (Å²) in [5.74, 6) is 0. The summed E-state index contributed by atoms with van der Waals surface area (Å²) >= 11 is 0. The number of hydrogen-bond acceptors (Lipinski definition) is 4. The van der Waals surface area contributed by atoms with Crippen molar-refractivity contribution in [2.24, 2.45) is 0 Å². The van der Waals surface area contributed by atoms with Crippen LogP contribution in [0.15, 0.2) is 97.6 Å². The van der Waals surface area contributed by atoms with Crippen LogP contribution >= 0.6 is 31.7 Å². The number of halogens is 1. The van der Waals surface area contributed by atoms with Crippen molar-refractivity contribution >= 4 is 53.4 Å². The van der Waals surface area contributed by atoms with Gasteiger partial charge in [0.25, 0.3) is 0 Å². The second-order valence-corrected chi connectivity index (χ2v) is 28.5. The predicted molar refractivity (Wildman–Crippen MR) is 222 cm³/mol. The van der Waals surface area contributed by atoms with E-state index in [0.29, 0.717) is 0 Å². The number of pyridine rings is 4. The van der Waals surface area contributed by atoms with E-state index in [4.69, 9.17) is 0 Å². The van der Waals surface area contributed by atoms with Crippen LogP contribution < -0.4 is 34.1 Å². The van der Waals surface area contributed by atoms with Gasteiger partial charge in [0.1, 0.15) is 0 Å². The van der Waals surface area contributed by atoms with Gasteiger partial charge in [-0.1, -0.05) is 107 Å². The number of nitrogens with zero attached hydrogens (tertiary/aromatic N) is 4. The van der Waals surface area contributed by atoms with E-state index in [9.17, 15) is 0 Å². The molecule has 0 radical (unpaired) electrons. The Morgan fingerprint density at radius 1 is 0.360 bits per heavy atom. The predicted octanol–water partition coefficient (Wildman–Crippen LogP) is 6.98. The number of aromatic nitrogens is 4. The fourth-order valence-corrected chi connectivity index (χ4v) is 17.1. The van der Waals surface area contributed by atoms with Crippen molar-refractivity contribution in [2.75, 3.05) is 24.6 Å². The smallest absolute Gasteiger partial charge is 1.00 e. The van der Waals surface area contributed by atoms with E-state index in [0.717, 1.165) is 0 Å². The Hall–Kier alpha value is -0.650. The SMILES string of the molecule is CC(C)(C)P(CCP(c1ccccn1)C(C)(C)C)c1ccccn1.CC(C)(C)P(CCP(c1ccccn1)C(C)(C)C)c1ccccn1.[Au+].[Cl-]. The average Bonchev–Trinajstić information content (AvgIpc) is 3.01. The van der Waals surface area contributed by atoms with Gasteiger partial charge in [0.15, 0.2) is 0 Å². The molecule has 0 aromatic carbocycles.